The number of rotatable bonds is 18. The van der Waals surface area contributed by atoms with Crippen LogP contribution in [0.3, 0.4) is 0 Å². The Labute approximate surface area is 169 Å². The van der Waals surface area contributed by atoms with Gasteiger partial charge < -0.3 is 0 Å². The van der Waals surface area contributed by atoms with Crippen molar-refractivity contribution in [3.05, 3.63) is 0 Å². The quantitative estimate of drug-likeness (QED) is 0.148. The van der Waals surface area contributed by atoms with Crippen molar-refractivity contribution >= 4 is 15.9 Å². The Morgan fingerprint density at radius 3 is 1.15 bits per heavy atom. The summed E-state index contributed by atoms with van der Waals surface area (Å²) in [6.07, 6.45) is 12.7. The molecule has 0 aliphatic rings. The minimum absolute atomic E-state index is 0.120. The Morgan fingerprint density at radius 1 is 0.519 bits per heavy atom. The predicted molar refractivity (Wildman–Crippen MR) is 119 cm³/mol. The molecule has 0 amide bonds. The van der Waals surface area contributed by atoms with E-state index in [9.17, 15) is 19.6 Å². The molecule has 0 aromatic carbocycles. The zero-order chi connectivity index (χ0) is 20.8. The normalized spacial score (nSPS) is 13.1. The van der Waals surface area contributed by atoms with E-state index < -0.39 is 15.9 Å². The minimum Gasteiger partial charge on any atom is -0.189 e. The number of hydrogen-bond acceptors (Lipinski definition) is 5. The van der Waals surface area contributed by atoms with Gasteiger partial charge in [0.2, 0.25) is 0 Å². The molecule has 0 rings (SSSR count). The molecule has 0 atom stereocenters. The van der Waals surface area contributed by atoms with Gasteiger partial charge in [-0.25, -0.2) is 0 Å². The van der Waals surface area contributed by atoms with Crippen LogP contribution in [0.15, 0.2) is 0 Å². The second kappa shape index (κ2) is 15.5. The van der Waals surface area contributed by atoms with Crippen molar-refractivity contribution in [3.8, 4) is 0 Å². The average Bonchev–Trinajstić information content (AvgIpc) is 2.51. The van der Waals surface area contributed by atoms with Crippen LogP contribution in [0.2, 0.25) is 0 Å². The van der Waals surface area contributed by atoms with Gasteiger partial charge in [0.25, 0.3) is 0 Å². The molecule has 0 aromatic heterocycles. The summed E-state index contributed by atoms with van der Waals surface area (Å²) in [5.74, 6) is 1.47. The highest BCUT2D eigenvalue weighted by molar-refractivity contribution is 7.72. The van der Waals surface area contributed by atoms with E-state index in [2.05, 4.69) is 27.7 Å². The van der Waals surface area contributed by atoms with Crippen LogP contribution in [0.4, 0.5) is 0 Å². The lowest BCUT2D eigenvalue weighted by Crippen LogP contribution is -2.07. The largest absolute Gasteiger partial charge is 0.461 e. The van der Waals surface area contributed by atoms with Crippen LogP contribution in [0.25, 0.3) is 0 Å². The maximum absolute atomic E-state index is 10.0. The molecule has 0 aliphatic carbocycles. The Kier molecular flexibility index (Phi) is 15.9. The summed E-state index contributed by atoms with van der Waals surface area (Å²) >= 11 is 0. The molecular formula is C20H46O5P2+2. The molecule has 0 heterocycles. The first-order valence-corrected chi connectivity index (χ1v) is 14.5. The molecule has 0 saturated carbocycles. The summed E-state index contributed by atoms with van der Waals surface area (Å²) in [5.41, 5.74) is 0. The van der Waals surface area contributed by atoms with Crippen LogP contribution in [-0.2, 0) is 4.31 Å². The highest BCUT2D eigenvalue weighted by Crippen LogP contribution is 2.69. The fourth-order valence-electron chi connectivity index (χ4n) is 3.09. The molecule has 7 heteroatoms. The van der Waals surface area contributed by atoms with Gasteiger partial charge in [-0.05, 0) is 37.5 Å². The SMILES string of the molecule is CC(C)CCCCCCC[P+](O)(O)O[P+](O)(O)CCCCCCCC(C)C. The van der Waals surface area contributed by atoms with Gasteiger partial charge >= 0.3 is 15.9 Å². The van der Waals surface area contributed by atoms with Crippen molar-refractivity contribution in [2.45, 2.75) is 105 Å². The number of hydrogen-bond donors (Lipinski definition) is 4. The van der Waals surface area contributed by atoms with Crippen molar-refractivity contribution in [2.75, 3.05) is 12.3 Å². The first-order chi connectivity index (χ1) is 12.5. The Hall–Kier alpha value is 0.660. The fraction of sp³-hybridized carbons (Fsp3) is 1.00. The summed E-state index contributed by atoms with van der Waals surface area (Å²) in [7, 11) is -7.33. The van der Waals surface area contributed by atoms with Crippen molar-refractivity contribution in [1.82, 2.24) is 0 Å². The van der Waals surface area contributed by atoms with E-state index in [4.69, 9.17) is 4.31 Å². The minimum atomic E-state index is -3.66. The lowest BCUT2D eigenvalue weighted by Gasteiger charge is -2.14. The molecule has 0 unspecified atom stereocenters. The first-order valence-electron chi connectivity index (χ1n) is 10.9. The zero-order valence-electron chi connectivity index (χ0n) is 18.1. The molecule has 0 aliphatic heterocycles. The van der Waals surface area contributed by atoms with Gasteiger partial charge in [0.05, 0.1) is 0 Å². The average molecular weight is 429 g/mol. The van der Waals surface area contributed by atoms with E-state index in [1.807, 2.05) is 0 Å². The third kappa shape index (κ3) is 19.7. The molecule has 0 saturated heterocycles. The van der Waals surface area contributed by atoms with E-state index in [0.29, 0.717) is 12.8 Å². The summed E-state index contributed by atoms with van der Waals surface area (Å²) in [5, 5.41) is 0. The highest BCUT2D eigenvalue weighted by atomic mass is 31.3. The summed E-state index contributed by atoms with van der Waals surface area (Å²) in [6.45, 7) is 8.89. The van der Waals surface area contributed by atoms with Gasteiger partial charge in [0, 0.05) is 4.31 Å². The standard InChI is InChI=1S/C20H46O5P2/c1-19(2)15-11-7-5-9-13-17-26(21,22)25-27(23,24)18-14-10-6-8-12-16-20(3)4/h19-24H,5-18H2,1-4H3/q+2. The van der Waals surface area contributed by atoms with Crippen molar-refractivity contribution < 1.29 is 23.9 Å². The topological polar surface area (TPSA) is 90.2 Å². The van der Waals surface area contributed by atoms with Gasteiger partial charge in [-0.1, -0.05) is 79.1 Å². The molecule has 0 aromatic rings. The van der Waals surface area contributed by atoms with Crippen LogP contribution in [0, 0.1) is 11.8 Å². The third-order valence-corrected chi connectivity index (χ3v) is 8.61. The van der Waals surface area contributed by atoms with Crippen molar-refractivity contribution in [2.24, 2.45) is 11.8 Å². The van der Waals surface area contributed by atoms with Crippen LogP contribution in [0.5, 0.6) is 0 Å². The molecule has 164 valence electrons. The predicted octanol–water partition coefficient (Wildman–Crippen LogP) is 6.49. The van der Waals surface area contributed by atoms with E-state index >= 15 is 0 Å². The maximum atomic E-state index is 10.0. The van der Waals surface area contributed by atoms with E-state index in [0.717, 1.165) is 50.4 Å². The van der Waals surface area contributed by atoms with Gasteiger partial charge in [0.15, 0.2) is 0 Å². The molecule has 0 bridgehead atoms. The second-order valence-corrected chi connectivity index (χ2v) is 13.0. The molecule has 5 nitrogen and oxygen atoms in total. The van der Waals surface area contributed by atoms with E-state index in [-0.39, 0.29) is 12.3 Å². The van der Waals surface area contributed by atoms with Crippen molar-refractivity contribution in [1.29, 1.82) is 0 Å². The van der Waals surface area contributed by atoms with Crippen LogP contribution < -0.4 is 0 Å². The van der Waals surface area contributed by atoms with Crippen LogP contribution in [0.1, 0.15) is 105 Å². The third-order valence-electron chi connectivity index (χ3n) is 4.72. The lowest BCUT2D eigenvalue weighted by atomic mass is 10.0. The molecule has 0 spiro atoms. The van der Waals surface area contributed by atoms with Gasteiger partial charge in [0.1, 0.15) is 12.3 Å². The van der Waals surface area contributed by atoms with Gasteiger partial charge in [-0.15, -0.1) is 0 Å². The Bertz CT molecular complexity index is 317. The van der Waals surface area contributed by atoms with Crippen LogP contribution >= 0.6 is 15.9 Å². The van der Waals surface area contributed by atoms with Crippen LogP contribution in [-0.4, -0.2) is 31.9 Å². The van der Waals surface area contributed by atoms with E-state index in [1.165, 1.54) is 25.7 Å². The van der Waals surface area contributed by atoms with Gasteiger partial charge in [-0.3, -0.25) is 0 Å². The summed E-state index contributed by atoms with van der Waals surface area (Å²) in [6, 6.07) is 0. The summed E-state index contributed by atoms with van der Waals surface area (Å²) in [4.78, 5) is 40.0. The fourth-order valence-corrected chi connectivity index (χ4v) is 6.69. The molecule has 0 fully saturated rings. The highest BCUT2D eigenvalue weighted by Gasteiger charge is 2.53. The summed E-state index contributed by atoms with van der Waals surface area (Å²) < 4.78 is 4.99. The second-order valence-electron chi connectivity index (χ2n) is 8.76. The Morgan fingerprint density at radius 2 is 0.815 bits per heavy atom. The van der Waals surface area contributed by atoms with Crippen molar-refractivity contribution in [3.63, 3.8) is 0 Å². The first kappa shape index (κ1) is 27.7. The monoisotopic (exact) mass is 428 g/mol. The lowest BCUT2D eigenvalue weighted by molar-refractivity contribution is 0.278. The Balaban J connectivity index is 3.78. The van der Waals surface area contributed by atoms with E-state index in [1.54, 1.807) is 0 Å². The van der Waals surface area contributed by atoms with Gasteiger partial charge in [-0.2, -0.15) is 19.6 Å². The zero-order valence-corrected chi connectivity index (χ0v) is 19.9. The molecule has 0 radical (unpaired) electrons. The number of unbranched alkanes of at least 4 members (excludes halogenated alkanes) is 8. The smallest absolute Gasteiger partial charge is 0.189 e. The molecule has 27 heavy (non-hydrogen) atoms. The molecule has 4 N–H and O–H groups in total. The molecular weight excluding hydrogens is 382 g/mol. The maximum Gasteiger partial charge on any atom is 0.461 e.